The number of nitrogens with one attached hydrogen (secondary N) is 2. The Morgan fingerprint density at radius 2 is 1.90 bits per heavy atom. The van der Waals surface area contributed by atoms with E-state index in [0.717, 1.165) is 31.2 Å². The van der Waals surface area contributed by atoms with E-state index in [4.69, 9.17) is 16.3 Å². The first-order chi connectivity index (χ1) is 19.5. The summed E-state index contributed by atoms with van der Waals surface area (Å²) in [6, 6.07) is 13.0. The molecule has 10 heteroatoms. The van der Waals surface area contributed by atoms with Gasteiger partial charge < -0.3 is 20.3 Å². The number of hydrogen-bond donors (Lipinski definition) is 2. The van der Waals surface area contributed by atoms with Crippen LogP contribution in [0.2, 0.25) is 5.02 Å². The lowest BCUT2D eigenvalue weighted by molar-refractivity contribution is -0.131. The van der Waals surface area contributed by atoms with E-state index >= 15 is 0 Å². The summed E-state index contributed by atoms with van der Waals surface area (Å²) in [6.45, 7) is 9.12. The second-order valence-electron chi connectivity index (χ2n) is 11.6. The number of amides is 3. The largest absolute Gasteiger partial charge is 0.444 e. The number of piperidine rings is 1. The number of aromatic nitrogens is 2. The molecule has 0 bridgehead atoms. The van der Waals surface area contributed by atoms with Crippen LogP contribution < -0.4 is 10.6 Å². The van der Waals surface area contributed by atoms with Crippen LogP contribution in [-0.4, -0.2) is 63.5 Å². The number of nitrogens with zero attached hydrogens (tertiary/aromatic N) is 3. The van der Waals surface area contributed by atoms with Crippen molar-refractivity contribution in [3.63, 3.8) is 0 Å². The number of halogens is 1. The summed E-state index contributed by atoms with van der Waals surface area (Å²) < 4.78 is 7.10. The predicted molar refractivity (Wildman–Crippen MR) is 159 cm³/mol. The molecule has 0 saturated carbocycles. The number of fused-ring (bicyclic) bond motifs is 1. The Morgan fingerprint density at radius 1 is 1.15 bits per heavy atom. The smallest absolute Gasteiger partial charge is 0.407 e. The second kappa shape index (κ2) is 13.4. The minimum Gasteiger partial charge on any atom is -0.444 e. The molecule has 0 spiro atoms. The third kappa shape index (κ3) is 8.45. The van der Waals surface area contributed by atoms with Gasteiger partial charge in [-0.2, -0.15) is 0 Å². The summed E-state index contributed by atoms with van der Waals surface area (Å²) in [7, 11) is 0. The molecule has 3 heterocycles. The minimum absolute atomic E-state index is 0.0690. The first kappa shape index (κ1) is 30.4. The zero-order valence-electron chi connectivity index (χ0n) is 24.3. The standard InChI is InChI=1S/C31H40ClN5O4/c1-5-8-22(21-12-14-23(32)15-13-21)18-33-29(39)26-10-6-11-27-34-25(20-37(26)27)17-28(38)36-16-7-9-24(19-36)35-30(40)41-31(2,3)4/h6,10-15,20,22,24H,5,7-9,16-19H2,1-4H3,(H,33,39)(H,35,40)/t22?,24-/m1/s1. The summed E-state index contributed by atoms with van der Waals surface area (Å²) in [6.07, 6.45) is 4.89. The fourth-order valence-corrected chi connectivity index (χ4v) is 5.30. The summed E-state index contributed by atoms with van der Waals surface area (Å²) >= 11 is 6.06. The molecule has 220 valence electrons. The Morgan fingerprint density at radius 3 is 2.61 bits per heavy atom. The van der Waals surface area contributed by atoms with Crippen molar-refractivity contribution in [3.05, 3.63) is 70.6 Å². The molecule has 1 aliphatic heterocycles. The molecule has 0 radical (unpaired) electrons. The number of ether oxygens (including phenoxy) is 1. The monoisotopic (exact) mass is 581 g/mol. The molecule has 3 amide bonds. The zero-order chi connectivity index (χ0) is 29.6. The Kier molecular flexibility index (Phi) is 9.91. The van der Waals surface area contributed by atoms with Crippen molar-refractivity contribution in [2.75, 3.05) is 19.6 Å². The normalized spacial score (nSPS) is 16.3. The van der Waals surface area contributed by atoms with E-state index in [9.17, 15) is 14.4 Å². The van der Waals surface area contributed by atoms with Crippen LogP contribution >= 0.6 is 11.6 Å². The van der Waals surface area contributed by atoms with Crippen LogP contribution in [0.5, 0.6) is 0 Å². The van der Waals surface area contributed by atoms with Gasteiger partial charge >= 0.3 is 6.09 Å². The second-order valence-corrected chi connectivity index (χ2v) is 12.1. The number of alkyl carbamates (subject to hydrolysis) is 1. The van der Waals surface area contributed by atoms with Gasteiger partial charge in [-0.3, -0.25) is 14.0 Å². The number of carbonyl (C=O) groups excluding carboxylic acids is 3. The van der Waals surface area contributed by atoms with Crippen molar-refractivity contribution in [3.8, 4) is 0 Å². The maximum Gasteiger partial charge on any atom is 0.407 e. The van der Waals surface area contributed by atoms with Crippen molar-refractivity contribution >= 4 is 35.2 Å². The molecule has 1 unspecified atom stereocenters. The fourth-order valence-electron chi connectivity index (χ4n) is 5.17. The molecule has 1 aliphatic rings. The van der Waals surface area contributed by atoms with E-state index in [-0.39, 0.29) is 30.2 Å². The number of imidazole rings is 1. The number of hydrogen-bond acceptors (Lipinski definition) is 5. The molecule has 9 nitrogen and oxygen atoms in total. The van der Waals surface area contributed by atoms with Gasteiger partial charge in [-0.05, 0) is 69.9 Å². The molecule has 0 aliphatic carbocycles. The van der Waals surface area contributed by atoms with Gasteiger partial charge in [0, 0.05) is 42.8 Å². The molecule has 2 N–H and O–H groups in total. The van der Waals surface area contributed by atoms with E-state index in [1.807, 2.05) is 51.1 Å². The molecular formula is C31H40ClN5O4. The van der Waals surface area contributed by atoms with Crippen molar-refractivity contribution in [2.45, 2.75) is 77.4 Å². The third-order valence-electron chi connectivity index (χ3n) is 7.09. The van der Waals surface area contributed by atoms with Crippen molar-refractivity contribution in [2.24, 2.45) is 0 Å². The molecular weight excluding hydrogens is 542 g/mol. The van der Waals surface area contributed by atoms with Crippen molar-refractivity contribution < 1.29 is 19.1 Å². The highest BCUT2D eigenvalue weighted by Crippen LogP contribution is 2.23. The van der Waals surface area contributed by atoms with Gasteiger partial charge in [0.05, 0.1) is 12.1 Å². The highest BCUT2D eigenvalue weighted by molar-refractivity contribution is 6.30. The molecule has 1 fully saturated rings. The van der Waals surface area contributed by atoms with Crippen LogP contribution in [0.3, 0.4) is 0 Å². The molecule has 2 atom stereocenters. The number of likely N-dealkylation sites (tertiary alicyclic amines) is 1. The number of pyridine rings is 1. The lowest BCUT2D eigenvalue weighted by atomic mass is 9.94. The summed E-state index contributed by atoms with van der Waals surface area (Å²) in [5, 5.41) is 6.65. The maximum atomic E-state index is 13.2. The molecule has 1 saturated heterocycles. The van der Waals surface area contributed by atoms with Gasteiger partial charge in [-0.15, -0.1) is 0 Å². The van der Waals surface area contributed by atoms with Crippen LogP contribution in [0.25, 0.3) is 5.65 Å². The lowest BCUT2D eigenvalue weighted by Gasteiger charge is -2.33. The Balaban J connectivity index is 1.39. The highest BCUT2D eigenvalue weighted by atomic mass is 35.5. The zero-order valence-corrected chi connectivity index (χ0v) is 25.0. The first-order valence-electron chi connectivity index (χ1n) is 14.3. The van der Waals surface area contributed by atoms with Crippen LogP contribution in [0.4, 0.5) is 4.79 Å². The average molecular weight is 582 g/mol. The van der Waals surface area contributed by atoms with Gasteiger partial charge in [0.2, 0.25) is 5.91 Å². The van der Waals surface area contributed by atoms with E-state index in [0.29, 0.717) is 41.7 Å². The maximum absolute atomic E-state index is 13.2. The quantitative estimate of drug-likeness (QED) is 0.354. The van der Waals surface area contributed by atoms with Crippen molar-refractivity contribution in [1.29, 1.82) is 0 Å². The van der Waals surface area contributed by atoms with Crippen LogP contribution in [0.1, 0.15) is 81.0 Å². The molecule has 1 aromatic carbocycles. The predicted octanol–water partition coefficient (Wildman–Crippen LogP) is 5.36. The molecule has 3 aromatic rings. The first-order valence-corrected chi connectivity index (χ1v) is 14.7. The van der Waals surface area contributed by atoms with Crippen LogP contribution in [0, 0.1) is 0 Å². The van der Waals surface area contributed by atoms with Gasteiger partial charge in [0.1, 0.15) is 16.9 Å². The van der Waals surface area contributed by atoms with E-state index in [1.165, 1.54) is 0 Å². The van der Waals surface area contributed by atoms with Crippen LogP contribution in [-0.2, 0) is 16.0 Å². The van der Waals surface area contributed by atoms with E-state index < -0.39 is 11.7 Å². The van der Waals surface area contributed by atoms with Gasteiger partial charge in [0.15, 0.2) is 0 Å². The van der Waals surface area contributed by atoms with Crippen LogP contribution in [0.15, 0.2) is 48.7 Å². The summed E-state index contributed by atoms with van der Waals surface area (Å²) in [5.41, 5.74) is 2.20. The summed E-state index contributed by atoms with van der Waals surface area (Å²) in [5.74, 6) is -0.0944. The highest BCUT2D eigenvalue weighted by Gasteiger charge is 2.27. The number of benzene rings is 1. The Labute approximate surface area is 246 Å². The van der Waals surface area contributed by atoms with Gasteiger partial charge in [0.25, 0.3) is 5.91 Å². The third-order valence-corrected chi connectivity index (χ3v) is 7.34. The molecule has 41 heavy (non-hydrogen) atoms. The molecule has 4 rings (SSSR count). The summed E-state index contributed by atoms with van der Waals surface area (Å²) in [4.78, 5) is 45.0. The number of rotatable bonds is 9. The average Bonchev–Trinajstić information content (AvgIpc) is 3.33. The van der Waals surface area contributed by atoms with E-state index in [2.05, 4.69) is 22.5 Å². The fraction of sp³-hybridized carbons (Fsp3) is 0.484. The molecule has 2 aromatic heterocycles. The van der Waals surface area contributed by atoms with E-state index in [1.54, 1.807) is 27.6 Å². The topological polar surface area (TPSA) is 105 Å². The lowest BCUT2D eigenvalue weighted by Crippen LogP contribution is -2.50. The van der Waals surface area contributed by atoms with Gasteiger partial charge in [-0.1, -0.05) is 43.1 Å². The SMILES string of the molecule is CCCC(CNC(=O)c1cccc2nc(CC(=O)N3CCC[C@@H](NC(=O)OC(C)(C)C)C3)cn12)c1ccc(Cl)cc1. The van der Waals surface area contributed by atoms with Crippen molar-refractivity contribution in [1.82, 2.24) is 24.9 Å². The van der Waals surface area contributed by atoms with Gasteiger partial charge in [-0.25, -0.2) is 9.78 Å². The minimum atomic E-state index is -0.582. The number of carbonyl (C=O) groups is 3. The Bertz CT molecular complexity index is 1370. The Hall–Kier alpha value is -3.59.